The zero-order valence-corrected chi connectivity index (χ0v) is 22.0. The lowest BCUT2D eigenvalue weighted by molar-refractivity contribution is 0.221. The van der Waals surface area contributed by atoms with E-state index in [-0.39, 0.29) is 5.56 Å². The van der Waals surface area contributed by atoms with Crippen LogP contribution < -0.4 is 15.6 Å². The number of nitrogens with one attached hydrogen (secondary N) is 2. The number of hydrogen-bond donors (Lipinski definition) is 2. The summed E-state index contributed by atoms with van der Waals surface area (Å²) in [5, 5.41) is 5.05. The third-order valence-electron chi connectivity index (χ3n) is 7.03. The van der Waals surface area contributed by atoms with E-state index in [1.54, 1.807) is 0 Å². The molecule has 1 unspecified atom stereocenters. The molecule has 2 N–H and O–H groups in total. The second kappa shape index (κ2) is 11.2. The van der Waals surface area contributed by atoms with E-state index in [4.69, 9.17) is 17.0 Å². The van der Waals surface area contributed by atoms with Gasteiger partial charge in [0.15, 0.2) is 5.11 Å². The number of hydrogen-bond acceptors (Lipinski definition) is 4. The van der Waals surface area contributed by atoms with E-state index in [1.807, 2.05) is 37.3 Å². The molecule has 1 fully saturated rings. The fraction of sp³-hybridized carbons (Fsp3) is 0.429. The van der Waals surface area contributed by atoms with Gasteiger partial charge in [-0.15, -0.1) is 0 Å². The Bertz CT molecular complexity index is 1240. The fourth-order valence-electron chi connectivity index (χ4n) is 4.89. The van der Waals surface area contributed by atoms with Crippen molar-refractivity contribution in [2.75, 3.05) is 31.6 Å². The van der Waals surface area contributed by atoms with Crippen molar-refractivity contribution in [3.05, 3.63) is 69.5 Å². The number of ether oxygens (including phenoxy) is 1. The fourth-order valence-corrected chi connectivity index (χ4v) is 5.15. The number of likely N-dealkylation sites (tertiary alicyclic amines) is 1. The highest BCUT2D eigenvalue weighted by Gasteiger charge is 2.27. The summed E-state index contributed by atoms with van der Waals surface area (Å²) in [4.78, 5) is 20.9. The number of fused-ring (bicyclic) bond motifs is 1. The van der Waals surface area contributed by atoms with Crippen LogP contribution in [0.4, 0.5) is 5.69 Å². The lowest BCUT2D eigenvalue weighted by atomic mass is 10.0. The maximum Gasteiger partial charge on any atom is 0.253 e. The summed E-state index contributed by atoms with van der Waals surface area (Å²) in [6.45, 7) is 12.3. The Balaban J connectivity index is 1.60. The molecule has 1 aromatic heterocycles. The zero-order chi connectivity index (χ0) is 24.9. The number of aryl methyl sites for hydroxylation is 2. The Morgan fingerprint density at radius 2 is 1.97 bits per heavy atom. The number of H-pyrrole nitrogens is 1. The largest absolute Gasteiger partial charge is 0.494 e. The number of rotatable bonds is 8. The second-order valence-electron chi connectivity index (χ2n) is 9.29. The molecule has 1 atom stereocenters. The molecule has 0 spiro atoms. The first kappa shape index (κ1) is 25.2. The maximum atomic E-state index is 13.1. The highest BCUT2D eigenvalue weighted by molar-refractivity contribution is 7.80. The predicted octanol–water partition coefficient (Wildman–Crippen LogP) is 5.23. The van der Waals surface area contributed by atoms with E-state index in [1.165, 1.54) is 12.0 Å². The number of benzene rings is 2. The number of pyridine rings is 1. The van der Waals surface area contributed by atoms with Gasteiger partial charge in [-0.25, -0.2) is 0 Å². The van der Waals surface area contributed by atoms with Gasteiger partial charge in [-0.3, -0.25) is 9.69 Å². The summed E-state index contributed by atoms with van der Waals surface area (Å²) in [7, 11) is 0. The number of aromatic nitrogens is 1. The monoisotopic (exact) mass is 492 g/mol. The van der Waals surface area contributed by atoms with Crippen molar-refractivity contribution >= 4 is 33.9 Å². The van der Waals surface area contributed by atoms with Gasteiger partial charge in [0.05, 0.1) is 18.7 Å². The molecular formula is C28H36N4O2S. The Kier molecular flexibility index (Phi) is 8.08. The normalized spacial score (nSPS) is 15.9. The molecule has 1 aliphatic rings. The predicted molar refractivity (Wildman–Crippen MR) is 149 cm³/mol. The molecule has 0 saturated carbocycles. The average Bonchev–Trinajstić information content (AvgIpc) is 3.30. The van der Waals surface area contributed by atoms with Crippen LogP contribution in [0, 0.1) is 13.8 Å². The number of likely N-dealkylation sites (N-methyl/N-ethyl adjacent to an activating group) is 1. The first-order valence-corrected chi connectivity index (χ1v) is 12.9. The van der Waals surface area contributed by atoms with Crippen LogP contribution in [-0.4, -0.2) is 52.2 Å². The van der Waals surface area contributed by atoms with Gasteiger partial charge >= 0.3 is 0 Å². The van der Waals surface area contributed by atoms with Crippen LogP contribution in [0.3, 0.4) is 0 Å². The van der Waals surface area contributed by atoms with E-state index in [9.17, 15) is 4.79 Å². The molecule has 7 heteroatoms. The SMILES string of the molecule is CCOc1ccc(NC(=S)N(Cc2cc3ccc(C)c(C)c3[nH]c2=O)CC2CCCN2CC)cc1. The van der Waals surface area contributed by atoms with Gasteiger partial charge in [-0.1, -0.05) is 19.1 Å². The van der Waals surface area contributed by atoms with Crippen molar-refractivity contribution in [1.29, 1.82) is 0 Å². The van der Waals surface area contributed by atoms with E-state index in [0.29, 0.717) is 24.3 Å². The molecule has 1 aliphatic heterocycles. The third kappa shape index (κ3) is 5.85. The van der Waals surface area contributed by atoms with Gasteiger partial charge in [-0.2, -0.15) is 0 Å². The van der Waals surface area contributed by atoms with Gasteiger partial charge in [0.1, 0.15) is 5.75 Å². The van der Waals surface area contributed by atoms with Gasteiger partial charge in [-0.05, 0) is 106 Å². The van der Waals surface area contributed by atoms with Gasteiger partial charge in [0, 0.05) is 23.8 Å². The molecule has 186 valence electrons. The minimum atomic E-state index is -0.0566. The van der Waals surface area contributed by atoms with Crippen LogP contribution in [0.5, 0.6) is 5.75 Å². The summed E-state index contributed by atoms with van der Waals surface area (Å²) in [6, 6.07) is 14.4. The topological polar surface area (TPSA) is 60.6 Å². The van der Waals surface area contributed by atoms with Crippen molar-refractivity contribution in [3.8, 4) is 5.75 Å². The Morgan fingerprint density at radius 3 is 2.69 bits per heavy atom. The molecule has 4 rings (SSSR count). The summed E-state index contributed by atoms with van der Waals surface area (Å²) < 4.78 is 5.55. The quantitative estimate of drug-likeness (QED) is 0.420. The second-order valence-corrected chi connectivity index (χ2v) is 9.67. The van der Waals surface area contributed by atoms with E-state index in [0.717, 1.165) is 59.5 Å². The zero-order valence-electron chi connectivity index (χ0n) is 21.2. The van der Waals surface area contributed by atoms with Crippen LogP contribution in [0.25, 0.3) is 10.9 Å². The number of anilines is 1. The Labute approximate surface area is 213 Å². The molecule has 0 radical (unpaired) electrons. The van der Waals surface area contributed by atoms with E-state index in [2.05, 4.69) is 53.0 Å². The Hall–Kier alpha value is -2.90. The number of aromatic amines is 1. The van der Waals surface area contributed by atoms with Crippen molar-refractivity contribution in [1.82, 2.24) is 14.8 Å². The summed E-state index contributed by atoms with van der Waals surface area (Å²) in [5.74, 6) is 0.832. The minimum Gasteiger partial charge on any atom is -0.494 e. The number of nitrogens with zero attached hydrogens (tertiary/aromatic N) is 2. The van der Waals surface area contributed by atoms with Gasteiger partial charge in [0.2, 0.25) is 0 Å². The number of thiocarbonyl (C=S) groups is 1. The standard InChI is InChI=1S/C28H36N4O2S/c1-5-31-15-7-8-24(31)18-32(28(35)29-23-11-13-25(14-12-23)34-6-2)17-22-16-21-10-9-19(3)20(4)26(21)30-27(22)33/h9-14,16,24H,5-8,15,17-18H2,1-4H3,(H,29,35)(H,30,33). The minimum absolute atomic E-state index is 0.0566. The van der Waals surface area contributed by atoms with Crippen molar-refractivity contribution in [2.45, 2.75) is 53.1 Å². The molecule has 6 nitrogen and oxygen atoms in total. The molecule has 0 amide bonds. The van der Waals surface area contributed by atoms with Crippen molar-refractivity contribution in [3.63, 3.8) is 0 Å². The van der Waals surface area contributed by atoms with E-state index >= 15 is 0 Å². The summed E-state index contributed by atoms with van der Waals surface area (Å²) in [5.41, 5.74) is 4.76. The van der Waals surface area contributed by atoms with Gasteiger partial charge < -0.3 is 19.9 Å². The van der Waals surface area contributed by atoms with Crippen LogP contribution in [0.1, 0.15) is 43.4 Å². The highest BCUT2D eigenvalue weighted by atomic mass is 32.1. The lowest BCUT2D eigenvalue weighted by Gasteiger charge is -2.32. The maximum absolute atomic E-state index is 13.1. The average molecular weight is 493 g/mol. The molecule has 0 bridgehead atoms. The lowest BCUT2D eigenvalue weighted by Crippen LogP contribution is -2.44. The molecule has 3 aromatic rings. The summed E-state index contributed by atoms with van der Waals surface area (Å²) >= 11 is 5.88. The highest BCUT2D eigenvalue weighted by Crippen LogP contribution is 2.22. The van der Waals surface area contributed by atoms with Crippen LogP contribution in [-0.2, 0) is 6.54 Å². The smallest absolute Gasteiger partial charge is 0.253 e. The van der Waals surface area contributed by atoms with Crippen molar-refractivity contribution in [2.24, 2.45) is 0 Å². The first-order chi connectivity index (χ1) is 16.9. The molecule has 2 aromatic carbocycles. The van der Waals surface area contributed by atoms with Crippen molar-refractivity contribution < 1.29 is 4.74 Å². The molecular weight excluding hydrogens is 456 g/mol. The summed E-state index contributed by atoms with van der Waals surface area (Å²) in [6.07, 6.45) is 2.34. The Morgan fingerprint density at radius 1 is 1.20 bits per heavy atom. The van der Waals surface area contributed by atoms with E-state index < -0.39 is 0 Å². The van der Waals surface area contributed by atoms with Crippen LogP contribution in [0.2, 0.25) is 0 Å². The van der Waals surface area contributed by atoms with Crippen LogP contribution in [0.15, 0.2) is 47.3 Å². The molecule has 0 aliphatic carbocycles. The van der Waals surface area contributed by atoms with Gasteiger partial charge in [0.25, 0.3) is 5.56 Å². The molecule has 2 heterocycles. The van der Waals surface area contributed by atoms with Crippen LogP contribution >= 0.6 is 12.2 Å². The third-order valence-corrected chi connectivity index (χ3v) is 7.39. The first-order valence-electron chi connectivity index (χ1n) is 12.5. The molecule has 1 saturated heterocycles. The molecule has 35 heavy (non-hydrogen) atoms.